The Bertz CT molecular complexity index is 735. The smallest absolute Gasteiger partial charge is 0.186 e. The van der Waals surface area contributed by atoms with Gasteiger partial charge in [0.2, 0.25) is 0 Å². The molecule has 2 aliphatic rings. The summed E-state index contributed by atoms with van der Waals surface area (Å²) in [5.41, 5.74) is 1.36. The molecule has 6 nitrogen and oxygen atoms in total. The number of piperazine rings is 1. The van der Waals surface area contributed by atoms with Crippen LogP contribution in [0.15, 0.2) is 10.6 Å². The zero-order valence-electron chi connectivity index (χ0n) is 14.1. The maximum Gasteiger partial charge on any atom is 0.186 e. The van der Waals surface area contributed by atoms with Gasteiger partial charge in [0.25, 0.3) is 0 Å². The third-order valence-electron chi connectivity index (χ3n) is 4.69. The van der Waals surface area contributed by atoms with Crippen molar-refractivity contribution in [3.63, 3.8) is 0 Å². The van der Waals surface area contributed by atoms with Crippen LogP contribution >= 0.6 is 0 Å². The Hall–Kier alpha value is -2.02. The normalized spacial score (nSPS) is 19.0. The highest BCUT2D eigenvalue weighted by molar-refractivity contribution is 5.43. The molecular formula is C17H22FN5O. The lowest BCUT2D eigenvalue weighted by molar-refractivity contribution is 0.218. The van der Waals surface area contributed by atoms with E-state index in [0.29, 0.717) is 17.4 Å². The lowest BCUT2D eigenvalue weighted by atomic mass is 10.2. The van der Waals surface area contributed by atoms with Crippen molar-refractivity contribution in [3.05, 3.63) is 34.9 Å². The predicted octanol–water partition coefficient (Wildman–Crippen LogP) is 2.42. The van der Waals surface area contributed by atoms with E-state index in [1.165, 1.54) is 0 Å². The molecule has 2 fully saturated rings. The highest BCUT2D eigenvalue weighted by Crippen LogP contribution is 2.39. The number of anilines is 1. The summed E-state index contributed by atoms with van der Waals surface area (Å²) < 4.78 is 19.8. The van der Waals surface area contributed by atoms with Gasteiger partial charge in [-0.25, -0.2) is 14.4 Å². The lowest BCUT2D eigenvalue weighted by Crippen LogP contribution is -2.46. The number of hydrogen-bond acceptors (Lipinski definition) is 6. The first kappa shape index (κ1) is 15.5. The molecular weight excluding hydrogens is 309 g/mol. The second kappa shape index (κ2) is 6.12. The Morgan fingerprint density at radius 1 is 1.17 bits per heavy atom. The van der Waals surface area contributed by atoms with Crippen molar-refractivity contribution in [2.45, 2.75) is 39.2 Å². The molecule has 4 rings (SSSR count). The first-order chi connectivity index (χ1) is 11.6. The number of hydrogen-bond donors (Lipinski definition) is 0. The first-order valence-corrected chi connectivity index (χ1v) is 8.53. The zero-order valence-corrected chi connectivity index (χ0v) is 14.1. The van der Waals surface area contributed by atoms with E-state index < -0.39 is 0 Å². The van der Waals surface area contributed by atoms with Crippen LogP contribution in [0.4, 0.5) is 10.2 Å². The van der Waals surface area contributed by atoms with Gasteiger partial charge in [0.1, 0.15) is 5.82 Å². The topological polar surface area (TPSA) is 58.3 Å². The van der Waals surface area contributed by atoms with Crippen LogP contribution in [0.3, 0.4) is 0 Å². The Morgan fingerprint density at radius 2 is 1.92 bits per heavy atom. The minimum Gasteiger partial charge on any atom is -0.360 e. The molecule has 2 aromatic heterocycles. The van der Waals surface area contributed by atoms with Crippen molar-refractivity contribution in [1.29, 1.82) is 0 Å². The number of aryl methyl sites for hydroxylation is 2. The lowest BCUT2D eigenvalue weighted by Gasteiger charge is -2.35. The standard InChI is InChI=1S/C17H22FN5O/c1-11-9-14(24-21-11)10-22-5-7-23(8-6-22)17-15(18)12(2)19-16(20-17)13-3-4-13/h9,13H,3-8,10H2,1-2H3. The molecule has 0 radical (unpaired) electrons. The van der Waals surface area contributed by atoms with Gasteiger partial charge < -0.3 is 9.42 Å². The van der Waals surface area contributed by atoms with Crippen LogP contribution in [0.2, 0.25) is 0 Å². The van der Waals surface area contributed by atoms with E-state index in [4.69, 9.17) is 4.52 Å². The van der Waals surface area contributed by atoms with E-state index in [9.17, 15) is 4.39 Å². The van der Waals surface area contributed by atoms with E-state index >= 15 is 0 Å². The third-order valence-corrected chi connectivity index (χ3v) is 4.69. The summed E-state index contributed by atoms with van der Waals surface area (Å²) in [6.45, 7) is 7.60. The summed E-state index contributed by atoms with van der Waals surface area (Å²) in [5, 5.41) is 3.92. The van der Waals surface area contributed by atoms with Crippen molar-refractivity contribution in [2.24, 2.45) is 0 Å². The van der Waals surface area contributed by atoms with Crippen LogP contribution in [0, 0.1) is 19.7 Å². The summed E-state index contributed by atoms with van der Waals surface area (Å²) >= 11 is 0. The second-order valence-electron chi connectivity index (χ2n) is 6.78. The van der Waals surface area contributed by atoms with E-state index in [0.717, 1.165) is 62.8 Å². The molecule has 1 aliphatic carbocycles. The maximum absolute atomic E-state index is 14.5. The molecule has 0 spiro atoms. The van der Waals surface area contributed by atoms with Crippen molar-refractivity contribution in [1.82, 2.24) is 20.0 Å². The van der Waals surface area contributed by atoms with Gasteiger partial charge in [-0.2, -0.15) is 0 Å². The van der Waals surface area contributed by atoms with Crippen molar-refractivity contribution in [2.75, 3.05) is 31.1 Å². The second-order valence-corrected chi connectivity index (χ2v) is 6.78. The average molecular weight is 331 g/mol. The molecule has 128 valence electrons. The molecule has 0 amide bonds. The van der Waals surface area contributed by atoms with Crippen molar-refractivity contribution in [3.8, 4) is 0 Å². The molecule has 0 unspecified atom stereocenters. The Labute approximate surface area is 140 Å². The maximum atomic E-state index is 14.5. The fourth-order valence-corrected chi connectivity index (χ4v) is 3.13. The number of nitrogens with zero attached hydrogens (tertiary/aromatic N) is 5. The molecule has 3 heterocycles. The molecule has 0 aromatic carbocycles. The molecule has 2 aromatic rings. The average Bonchev–Trinajstić information content (AvgIpc) is 3.34. The van der Waals surface area contributed by atoms with E-state index in [1.807, 2.05) is 17.9 Å². The predicted molar refractivity (Wildman–Crippen MR) is 87.4 cm³/mol. The van der Waals surface area contributed by atoms with Crippen LogP contribution in [-0.2, 0) is 6.54 Å². The van der Waals surface area contributed by atoms with Crippen molar-refractivity contribution >= 4 is 5.82 Å². The molecule has 1 saturated carbocycles. The van der Waals surface area contributed by atoms with Crippen LogP contribution in [0.25, 0.3) is 0 Å². The summed E-state index contributed by atoms with van der Waals surface area (Å²) in [4.78, 5) is 13.2. The summed E-state index contributed by atoms with van der Waals surface area (Å²) in [6.07, 6.45) is 2.24. The summed E-state index contributed by atoms with van der Waals surface area (Å²) in [7, 11) is 0. The molecule has 24 heavy (non-hydrogen) atoms. The first-order valence-electron chi connectivity index (χ1n) is 8.53. The molecule has 0 atom stereocenters. The minimum atomic E-state index is -0.279. The number of rotatable bonds is 4. The summed E-state index contributed by atoms with van der Waals surface area (Å²) in [5.74, 6) is 2.31. The minimum absolute atomic E-state index is 0.279. The van der Waals surface area contributed by atoms with Gasteiger partial charge in [-0.15, -0.1) is 0 Å². The van der Waals surface area contributed by atoms with Gasteiger partial charge in [0.05, 0.1) is 17.9 Å². The third kappa shape index (κ3) is 3.13. The van der Waals surface area contributed by atoms with E-state index in [-0.39, 0.29) is 5.82 Å². The summed E-state index contributed by atoms with van der Waals surface area (Å²) in [6, 6.07) is 1.96. The SMILES string of the molecule is Cc1cc(CN2CCN(c3nc(C4CC4)nc(C)c3F)CC2)on1. The van der Waals surface area contributed by atoms with Gasteiger partial charge in [-0.05, 0) is 26.7 Å². The van der Waals surface area contributed by atoms with Gasteiger partial charge in [0.15, 0.2) is 17.4 Å². The van der Waals surface area contributed by atoms with Crippen LogP contribution in [-0.4, -0.2) is 46.2 Å². The molecule has 1 saturated heterocycles. The van der Waals surface area contributed by atoms with Gasteiger partial charge in [-0.1, -0.05) is 5.16 Å². The number of aromatic nitrogens is 3. The van der Waals surface area contributed by atoms with E-state index in [1.54, 1.807) is 6.92 Å². The molecule has 7 heteroatoms. The van der Waals surface area contributed by atoms with Crippen LogP contribution in [0.5, 0.6) is 0 Å². The highest BCUT2D eigenvalue weighted by Gasteiger charge is 2.30. The Kier molecular flexibility index (Phi) is 3.96. The fourth-order valence-electron chi connectivity index (χ4n) is 3.13. The van der Waals surface area contributed by atoms with Crippen LogP contribution < -0.4 is 4.90 Å². The fraction of sp³-hybridized carbons (Fsp3) is 0.588. The van der Waals surface area contributed by atoms with E-state index in [2.05, 4.69) is 20.0 Å². The van der Waals surface area contributed by atoms with Crippen LogP contribution in [0.1, 0.15) is 41.7 Å². The van der Waals surface area contributed by atoms with Crippen molar-refractivity contribution < 1.29 is 8.91 Å². The zero-order chi connectivity index (χ0) is 16.7. The molecule has 0 N–H and O–H groups in total. The molecule has 1 aliphatic heterocycles. The molecule has 0 bridgehead atoms. The largest absolute Gasteiger partial charge is 0.360 e. The monoisotopic (exact) mass is 331 g/mol. The number of halogens is 1. The Morgan fingerprint density at radius 3 is 2.54 bits per heavy atom. The Balaban J connectivity index is 1.44. The highest BCUT2D eigenvalue weighted by atomic mass is 19.1. The van der Waals surface area contributed by atoms with Gasteiger partial charge in [0, 0.05) is 38.2 Å². The van der Waals surface area contributed by atoms with Gasteiger partial charge >= 0.3 is 0 Å². The van der Waals surface area contributed by atoms with Gasteiger partial charge in [-0.3, -0.25) is 4.90 Å². The quantitative estimate of drug-likeness (QED) is 0.857.